The average Bonchev–Trinajstić information content (AvgIpc) is 2.30. The van der Waals surface area contributed by atoms with Crippen molar-refractivity contribution in [1.29, 1.82) is 0 Å². The molecule has 0 amide bonds. The van der Waals surface area contributed by atoms with Gasteiger partial charge in [0.05, 0.1) is 24.4 Å². The van der Waals surface area contributed by atoms with Gasteiger partial charge in [-0.3, -0.25) is 0 Å². The van der Waals surface area contributed by atoms with Gasteiger partial charge in [0.25, 0.3) is 0 Å². The molecule has 5 N–H and O–H groups in total. The lowest BCUT2D eigenvalue weighted by Crippen LogP contribution is -2.17. The van der Waals surface area contributed by atoms with Gasteiger partial charge >= 0.3 is 0 Å². The minimum Gasteiger partial charge on any atom is -0.394 e. The van der Waals surface area contributed by atoms with Crippen LogP contribution in [0, 0.1) is 0 Å². The zero-order valence-corrected chi connectivity index (χ0v) is 11.7. The Morgan fingerprint density at radius 2 is 1.61 bits per heavy atom. The Hall–Kier alpha value is -0.660. The predicted molar refractivity (Wildman–Crippen MR) is 70.5 cm³/mol. The van der Waals surface area contributed by atoms with Crippen LogP contribution in [0.2, 0.25) is 10.3 Å². The van der Waals surface area contributed by atoms with E-state index in [0.29, 0.717) is 0 Å². The second kappa shape index (κ2) is 8.44. The van der Waals surface area contributed by atoms with E-state index in [1.807, 2.05) is 13.8 Å². The summed E-state index contributed by atoms with van der Waals surface area (Å²) in [6.45, 7) is 3.53. The first-order valence-corrected chi connectivity index (χ1v) is 6.16. The molecule has 0 radical (unpaired) electrons. The largest absolute Gasteiger partial charge is 0.394 e. The van der Waals surface area contributed by atoms with Crippen LogP contribution in [0.1, 0.15) is 31.9 Å². The van der Waals surface area contributed by atoms with Crippen LogP contribution in [0.25, 0.3) is 0 Å². The van der Waals surface area contributed by atoms with Crippen LogP contribution in [0.5, 0.6) is 0 Å². The van der Waals surface area contributed by atoms with E-state index in [2.05, 4.69) is 9.97 Å². The van der Waals surface area contributed by atoms with E-state index in [9.17, 15) is 5.11 Å². The van der Waals surface area contributed by atoms with Gasteiger partial charge in [0.1, 0.15) is 10.3 Å². The van der Waals surface area contributed by atoms with Crippen molar-refractivity contribution in [3.8, 4) is 0 Å². The summed E-state index contributed by atoms with van der Waals surface area (Å²) in [5, 5.41) is 27.4. The highest BCUT2D eigenvalue weighted by Gasteiger charge is 2.21. The van der Waals surface area contributed by atoms with Crippen LogP contribution in [0.15, 0.2) is 0 Å². The maximum absolute atomic E-state index is 9.71. The highest BCUT2D eigenvalue weighted by Crippen LogP contribution is 2.30. The Morgan fingerprint density at radius 1 is 1.17 bits per heavy atom. The van der Waals surface area contributed by atoms with Crippen molar-refractivity contribution in [1.82, 2.24) is 9.97 Å². The molecular formula is C10H17Cl2N3O3. The maximum Gasteiger partial charge on any atom is 0.222 e. The Morgan fingerprint density at radius 3 is 2.00 bits per heavy atom. The van der Waals surface area contributed by atoms with E-state index >= 15 is 0 Å². The number of aliphatic hydroxyl groups is 3. The minimum atomic E-state index is -1.16. The molecule has 8 heteroatoms. The Balaban J connectivity index is 0.00000137. The molecule has 0 aliphatic rings. The third-order valence-electron chi connectivity index (χ3n) is 1.91. The van der Waals surface area contributed by atoms with E-state index < -0.39 is 18.8 Å². The number of hydrogen-bond acceptors (Lipinski definition) is 6. The van der Waals surface area contributed by atoms with Crippen molar-refractivity contribution >= 4 is 29.2 Å². The highest BCUT2D eigenvalue weighted by atomic mass is 35.5. The lowest BCUT2D eigenvalue weighted by atomic mass is 10.1. The molecule has 1 aromatic rings. The fourth-order valence-electron chi connectivity index (χ4n) is 1.16. The number of rotatable bonds is 4. The van der Waals surface area contributed by atoms with Gasteiger partial charge in [0.2, 0.25) is 5.95 Å². The molecule has 0 saturated carbocycles. The third-order valence-corrected chi connectivity index (χ3v) is 2.49. The van der Waals surface area contributed by atoms with E-state index in [-0.39, 0.29) is 28.2 Å². The third kappa shape index (κ3) is 4.91. The van der Waals surface area contributed by atoms with E-state index in [4.69, 9.17) is 39.1 Å². The molecule has 1 aromatic heterocycles. The summed E-state index contributed by atoms with van der Waals surface area (Å²) < 4.78 is 0. The van der Waals surface area contributed by atoms with Gasteiger partial charge < -0.3 is 21.1 Å². The topological polar surface area (TPSA) is 112 Å². The molecule has 0 fully saturated rings. The summed E-state index contributed by atoms with van der Waals surface area (Å²) in [6.07, 6.45) is -2.36. The van der Waals surface area contributed by atoms with Gasteiger partial charge in [0, 0.05) is 6.42 Å². The Bertz CT molecular complexity index is 356. The lowest BCUT2D eigenvalue weighted by Gasteiger charge is -2.15. The summed E-state index contributed by atoms with van der Waals surface area (Å²) in [7, 11) is 0. The fraction of sp³-hybridized carbons (Fsp3) is 0.600. The smallest absolute Gasteiger partial charge is 0.222 e. The Labute approximate surface area is 115 Å². The summed E-state index contributed by atoms with van der Waals surface area (Å²) >= 11 is 11.5. The first-order valence-electron chi connectivity index (χ1n) is 5.41. The number of anilines is 1. The first-order chi connectivity index (χ1) is 8.45. The monoisotopic (exact) mass is 297 g/mol. The summed E-state index contributed by atoms with van der Waals surface area (Å²) in [6, 6.07) is 0. The molecule has 0 spiro atoms. The molecule has 0 aliphatic carbocycles. The Kier molecular flexibility index (Phi) is 8.13. The van der Waals surface area contributed by atoms with Crippen molar-refractivity contribution in [2.45, 2.75) is 32.5 Å². The number of nitrogen functional groups attached to an aromatic ring is 1. The molecule has 1 rings (SSSR count). The fourth-order valence-corrected chi connectivity index (χ4v) is 1.81. The van der Waals surface area contributed by atoms with Crippen LogP contribution < -0.4 is 5.73 Å². The molecule has 6 nitrogen and oxygen atoms in total. The zero-order valence-electron chi connectivity index (χ0n) is 10.1. The number of nitrogens with zero attached hydrogens (tertiary/aromatic N) is 2. The van der Waals surface area contributed by atoms with Crippen LogP contribution in [-0.4, -0.2) is 38.0 Å². The van der Waals surface area contributed by atoms with Crippen LogP contribution in [0.4, 0.5) is 5.95 Å². The van der Waals surface area contributed by atoms with Crippen molar-refractivity contribution in [3.63, 3.8) is 0 Å². The van der Waals surface area contributed by atoms with Crippen molar-refractivity contribution in [3.05, 3.63) is 15.9 Å². The molecular weight excluding hydrogens is 281 g/mol. The normalized spacial score (nSPS) is 13.5. The summed E-state index contributed by atoms with van der Waals surface area (Å²) in [5.74, 6) is -0.103. The molecule has 2 unspecified atom stereocenters. The quantitative estimate of drug-likeness (QED) is 0.621. The SMILES string of the molecule is CC.Nc1nc(Cl)c(C(O)CC(O)CO)c(Cl)n1. The number of aromatic nitrogens is 2. The highest BCUT2D eigenvalue weighted by molar-refractivity contribution is 6.34. The molecule has 18 heavy (non-hydrogen) atoms. The van der Waals surface area contributed by atoms with Crippen molar-refractivity contribution in [2.75, 3.05) is 12.3 Å². The first kappa shape index (κ1) is 17.3. The molecule has 0 saturated heterocycles. The zero-order chi connectivity index (χ0) is 14.3. The standard InChI is InChI=1S/C8H11Cl2N3O3.C2H6/c9-6-5(4(16)1-3(15)2-14)7(10)13-8(11)12-6;1-2/h3-4,14-16H,1-2H2,(H2,11,12,13);1-2H3. The van der Waals surface area contributed by atoms with Gasteiger partial charge in [-0.1, -0.05) is 37.0 Å². The second-order valence-electron chi connectivity index (χ2n) is 3.16. The van der Waals surface area contributed by atoms with Gasteiger partial charge in [0.15, 0.2) is 0 Å². The molecule has 0 aromatic carbocycles. The van der Waals surface area contributed by atoms with E-state index in [1.54, 1.807) is 0 Å². The minimum absolute atomic E-state index is 0.0739. The lowest BCUT2D eigenvalue weighted by molar-refractivity contribution is 0.0412. The predicted octanol–water partition coefficient (Wildman–Crippen LogP) is 1.17. The van der Waals surface area contributed by atoms with Gasteiger partial charge in [-0.05, 0) is 0 Å². The van der Waals surface area contributed by atoms with Gasteiger partial charge in [-0.2, -0.15) is 0 Å². The van der Waals surface area contributed by atoms with Crippen LogP contribution in [-0.2, 0) is 0 Å². The number of halogens is 2. The number of aliphatic hydroxyl groups excluding tert-OH is 3. The molecule has 0 aliphatic heterocycles. The second-order valence-corrected chi connectivity index (χ2v) is 3.88. The van der Waals surface area contributed by atoms with E-state index in [0.717, 1.165) is 0 Å². The van der Waals surface area contributed by atoms with Gasteiger partial charge in [-0.25, -0.2) is 9.97 Å². The molecule has 0 bridgehead atoms. The maximum atomic E-state index is 9.71. The van der Waals surface area contributed by atoms with Crippen LogP contribution in [0.3, 0.4) is 0 Å². The van der Waals surface area contributed by atoms with Gasteiger partial charge in [-0.15, -0.1) is 0 Å². The molecule has 2 atom stereocenters. The molecule has 104 valence electrons. The summed E-state index contributed by atoms with van der Waals surface area (Å²) in [5.41, 5.74) is 5.38. The van der Waals surface area contributed by atoms with Crippen LogP contribution >= 0.6 is 23.2 Å². The van der Waals surface area contributed by atoms with Crippen molar-refractivity contribution < 1.29 is 15.3 Å². The number of hydrogen-bond donors (Lipinski definition) is 4. The summed E-state index contributed by atoms with van der Waals surface area (Å²) in [4.78, 5) is 7.26. The molecule has 1 heterocycles. The average molecular weight is 298 g/mol. The number of nitrogens with two attached hydrogens (primary N) is 1. The van der Waals surface area contributed by atoms with E-state index in [1.165, 1.54) is 0 Å². The van der Waals surface area contributed by atoms with Crippen molar-refractivity contribution in [2.24, 2.45) is 0 Å².